The second kappa shape index (κ2) is 6.51. The van der Waals surface area contributed by atoms with Crippen molar-refractivity contribution in [2.75, 3.05) is 28.8 Å². The highest BCUT2D eigenvalue weighted by Crippen LogP contribution is 2.24. The van der Waals surface area contributed by atoms with Crippen LogP contribution in [0.3, 0.4) is 0 Å². The normalized spacial score (nSPS) is 19.0. The first-order valence-corrected chi connectivity index (χ1v) is 9.26. The Labute approximate surface area is 142 Å². The van der Waals surface area contributed by atoms with Crippen LogP contribution in [0.4, 0.5) is 30.6 Å². The van der Waals surface area contributed by atoms with Gasteiger partial charge in [-0.2, -0.15) is 4.98 Å². The Kier molecular flexibility index (Phi) is 4.55. The fourth-order valence-electron chi connectivity index (χ4n) is 2.62. The highest BCUT2D eigenvalue weighted by atomic mass is 32.2. The van der Waals surface area contributed by atoms with Gasteiger partial charge in [-0.1, -0.05) is 0 Å². The average Bonchev–Trinajstić information content (AvgIpc) is 2.95. The third-order valence-electron chi connectivity index (χ3n) is 4.04. The number of anilines is 3. The standard InChI is InChI=1S/C15H15F3N4O2S/c1-22(9-5-7-25(23,24)8-9)12-4-6-19-15(21-12)20-11-3-2-10(16)13(17)14(11)18/h2-4,6,9H,5,7-8H2,1H3,(H,19,20,21). The second-order valence-electron chi connectivity index (χ2n) is 5.75. The number of sulfone groups is 1. The van der Waals surface area contributed by atoms with E-state index in [1.54, 1.807) is 18.0 Å². The molecule has 10 heteroatoms. The van der Waals surface area contributed by atoms with Crippen molar-refractivity contribution in [3.8, 4) is 0 Å². The van der Waals surface area contributed by atoms with Crippen LogP contribution in [0.15, 0.2) is 24.4 Å². The lowest BCUT2D eigenvalue weighted by Crippen LogP contribution is -2.33. The Hall–Kier alpha value is -2.36. The minimum Gasteiger partial charge on any atom is -0.355 e. The van der Waals surface area contributed by atoms with Crippen molar-refractivity contribution in [1.29, 1.82) is 0 Å². The summed E-state index contributed by atoms with van der Waals surface area (Å²) in [6.07, 6.45) is 1.89. The molecule has 3 rings (SSSR count). The molecule has 1 N–H and O–H groups in total. The number of benzene rings is 1. The molecule has 1 aliphatic heterocycles. The number of nitrogens with zero attached hydrogens (tertiary/aromatic N) is 3. The van der Waals surface area contributed by atoms with Gasteiger partial charge in [-0.15, -0.1) is 0 Å². The van der Waals surface area contributed by atoms with Crippen LogP contribution in [-0.4, -0.2) is 43.0 Å². The molecule has 0 radical (unpaired) electrons. The summed E-state index contributed by atoms with van der Waals surface area (Å²) in [6.45, 7) is 0. The van der Waals surface area contributed by atoms with Crippen molar-refractivity contribution in [2.45, 2.75) is 12.5 Å². The van der Waals surface area contributed by atoms with E-state index in [9.17, 15) is 21.6 Å². The summed E-state index contributed by atoms with van der Waals surface area (Å²) < 4.78 is 63.2. The zero-order valence-electron chi connectivity index (χ0n) is 13.2. The number of aromatic nitrogens is 2. The van der Waals surface area contributed by atoms with Gasteiger partial charge in [0, 0.05) is 19.3 Å². The van der Waals surface area contributed by atoms with Gasteiger partial charge in [-0.3, -0.25) is 0 Å². The van der Waals surface area contributed by atoms with Gasteiger partial charge in [-0.05, 0) is 24.6 Å². The van der Waals surface area contributed by atoms with Crippen LogP contribution in [0.2, 0.25) is 0 Å². The third kappa shape index (κ3) is 3.68. The van der Waals surface area contributed by atoms with Crippen LogP contribution in [0, 0.1) is 17.5 Å². The van der Waals surface area contributed by atoms with E-state index < -0.39 is 27.3 Å². The molecule has 25 heavy (non-hydrogen) atoms. The summed E-state index contributed by atoms with van der Waals surface area (Å²) in [6, 6.07) is 3.20. The van der Waals surface area contributed by atoms with Crippen molar-refractivity contribution >= 4 is 27.3 Å². The lowest BCUT2D eigenvalue weighted by Gasteiger charge is -2.24. The average molecular weight is 372 g/mol. The highest BCUT2D eigenvalue weighted by Gasteiger charge is 2.31. The fourth-order valence-corrected chi connectivity index (χ4v) is 4.39. The Balaban J connectivity index is 1.81. The molecule has 1 saturated heterocycles. The van der Waals surface area contributed by atoms with E-state index in [1.807, 2.05) is 0 Å². The predicted octanol–water partition coefficient (Wildman–Crippen LogP) is 2.26. The van der Waals surface area contributed by atoms with Crippen molar-refractivity contribution < 1.29 is 21.6 Å². The summed E-state index contributed by atoms with van der Waals surface area (Å²) in [5, 5.41) is 2.49. The number of nitrogens with one attached hydrogen (secondary N) is 1. The molecule has 0 saturated carbocycles. The molecule has 0 aliphatic carbocycles. The minimum atomic E-state index is -3.05. The van der Waals surface area contributed by atoms with Gasteiger partial charge in [0.05, 0.1) is 17.2 Å². The van der Waals surface area contributed by atoms with Gasteiger partial charge in [0.15, 0.2) is 27.3 Å². The Morgan fingerprint density at radius 1 is 1.20 bits per heavy atom. The van der Waals surface area contributed by atoms with E-state index in [0.717, 1.165) is 12.1 Å². The third-order valence-corrected chi connectivity index (χ3v) is 5.79. The molecule has 0 spiro atoms. The SMILES string of the molecule is CN(c1ccnc(Nc2ccc(F)c(F)c2F)n1)C1CCS(=O)(=O)C1. The molecule has 2 heterocycles. The molecule has 0 bridgehead atoms. The zero-order chi connectivity index (χ0) is 18.2. The molecule has 1 atom stereocenters. The summed E-state index contributed by atoms with van der Waals surface area (Å²) in [5.74, 6) is -3.68. The first-order valence-electron chi connectivity index (χ1n) is 7.43. The molecular formula is C15H15F3N4O2S. The first kappa shape index (κ1) is 17.5. The Morgan fingerprint density at radius 3 is 2.64 bits per heavy atom. The summed E-state index contributed by atoms with van der Waals surface area (Å²) >= 11 is 0. The van der Waals surface area contributed by atoms with Crippen LogP contribution in [0.25, 0.3) is 0 Å². The predicted molar refractivity (Wildman–Crippen MR) is 87.1 cm³/mol. The van der Waals surface area contributed by atoms with E-state index in [4.69, 9.17) is 0 Å². The molecule has 6 nitrogen and oxygen atoms in total. The Bertz CT molecular complexity index is 908. The molecule has 1 aromatic heterocycles. The zero-order valence-corrected chi connectivity index (χ0v) is 14.0. The van der Waals surface area contributed by atoms with E-state index in [0.29, 0.717) is 12.2 Å². The lowest BCUT2D eigenvalue weighted by molar-refractivity contribution is 0.449. The van der Waals surface area contributed by atoms with Gasteiger partial charge in [0.1, 0.15) is 5.82 Å². The lowest BCUT2D eigenvalue weighted by atomic mass is 10.2. The van der Waals surface area contributed by atoms with Gasteiger partial charge in [-0.25, -0.2) is 26.6 Å². The number of hydrogen-bond acceptors (Lipinski definition) is 6. The molecule has 0 amide bonds. The van der Waals surface area contributed by atoms with Crippen LogP contribution in [0.5, 0.6) is 0 Å². The topological polar surface area (TPSA) is 75.2 Å². The van der Waals surface area contributed by atoms with Crippen LogP contribution >= 0.6 is 0 Å². The van der Waals surface area contributed by atoms with Gasteiger partial charge in [0.25, 0.3) is 0 Å². The molecule has 1 aromatic carbocycles. The summed E-state index contributed by atoms with van der Waals surface area (Å²) in [4.78, 5) is 9.80. The maximum absolute atomic E-state index is 13.7. The first-order chi connectivity index (χ1) is 11.8. The second-order valence-corrected chi connectivity index (χ2v) is 7.98. The Morgan fingerprint density at radius 2 is 1.96 bits per heavy atom. The number of rotatable bonds is 4. The van der Waals surface area contributed by atoms with E-state index in [1.165, 1.54) is 6.20 Å². The molecular weight excluding hydrogens is 357 g/mol. The smallest absolute Gasteiger partial charge is 0.229 e. The van der Waals surface area contributed by atoms with Crippen molar-refractivity contribution in [2.24, 2.45) is 0 Å². The molecule has 134 valence electrons. The van der Waals surface area contributed by atoms with Gasteiger partial charge >= 0.3 is 0 Å². The quantitative estimate of drug-likeness (QED) is 0.830. The number of hydrogen-bond donors (Lipinski definition) is 1. The minimum absolute atomic E-state index is 0.0184. The van der Waals surface area contributed by atoms with E-state index in [-0.39, 0.29) is 29.2 Å². The molecule has 1 aliphatic rings. The van der Waals surface area contributed by atoms with Gasteiger partial charge < -0.3 is 10.2 Å². The van der Waals surface area contributed by atoms with E-state index in [2.05, 4.69) is 15.3 Å². The van der Waals surface area contributed by atoms with Crippen molar-refractivity contribution in [3.05, 3.63) is 41.8 Å². The molecule has 1 fully saturated rings. The largest absolute Gasteiger partial charge is 0.355 e. The molecule has 1 unspecified atom stereocenters. The summed E-state index contributed by atoms with van der Waals surface area (Å²) in [5.41, 5.74) is -0.304. The monoisotopic (exact) mass is 372 g/mol. The van der Waals surface area contributed by atoms with Crippen molar-refractivity contribution in [1.82, 2.24) is 9.97 Å². The van der Waals surface area contributed by atoms with Crippen LogP contribution in [0.1, 0.15) is 6.42 Å². The van der Waals surface area contributed by atoms with E-state index >= 15 is 0 Å². The molecule has 2 aromatic rings. The summed E-state index contributed by atoms with van der Waals surface area (Å²) in [7, 11) is -1.34. The highest BCUT2D eigenvalue weighted by molar-refractivity contribution is 7.91. The maximum atomic E-state index is 13.7. The number of halogens is 3. The maximum Gasteiger partial charge on any atom is 0.229 e. The van der Waals surface area contributed by atoms with Crippen LogP contribution in [-0.2, 0) is 9.84 Å². The fraction of sp³-hybridized carbons (Fsp3) is 0.333. The van der Waals surface area contributed by atoms with Crippen molar-refractivity contribution in [3.63, 3.8) is 0 Å². The van der Waals surface area contributed by atoms with Gasteiger partial charge in [0.2, 0.25) is 5.95 Å². The van der Waals surface area contributed by atoms with Crippen LogP contribution < -0.4 is 10.2 Å².